The Morgan fingerprint density at radius 3 is 2.83 bits per heavy atom. The van der Waals surface area contributed by atoms with Gasteiger partial charge in [0.1, 0.15) is 0 Å². The highest BCUT2D eigenvalue weighted by atomic mass is 16.4. The van der Waals surface area contributed by atoms with Crippen LogP contribution in [-0.2, 0) is 4.79 Å². The van der Waals surface area contributed by atoms with E-state index < -0.39 is 5.97 Å². The van der Waals surface area contributed by atoms with E-state index in [4.69, 9.17) is 5.11 Å². The molecule has 0 bridgehead atoms. The topological polar surface area (TPSA) is 98.0 Å². The number of fused-ring (bicyclic) bond motifs is 1. The fourth-order valence-corrected chi connectivity index (χ4v) is 1.70. The predicted octanol–water partition coefficient (Wildman–Crippen LogP) is 1.38. The Labute approximate surface area is 103 Å². The number of carboxylic acid groups (broad SMARTS) is 1. The van der Waals surface area contributed by atoms with Gasteiger partial charge in [-0.2, -0.15) is 0 Å². The monoisotopic (exact) mass is 249 g/mol. The summed E-state index contributed by atoms with van der Waals surface area (Å²) in [5.74, 6) is -1.16. The summed E-state index contributed by atoms with van der Waals surface area (Å²) in [7, 11) is 0. The summed E-state index contributed by atoms with van der Waals surface area (Å²) in [6.45, 7) is 2.25. The molecule has 0 amide bonds. The molecule has 6 nitrogen and oxygen atoms in total. The van der Waals surface area contributed by atoms with Gasteiger partial charge in [0.05, 0.1) is 17.0 Å². The molecule has 6 heteroatoms. The largest absolute Gasteiger partial charge is 0.481 e. The molecular weight excluding hydrogens is 234 g/mol. The molecule has 0 aliphatic heterocycles. The van der Waals surface area contributed by atoms with Crippen LogP contribution < -0.4 is 11.0 Å². The Bertz CT molecular complexity index is 614. The van der Waals surface area contributed by atoms with Gasteiger partial charge in [-0.05, 0) is 24.6 Å². The van der Waals surface area contributed by atoms with Crippen LogP contribution in [0.25, 0.3) is 11.0 Å². The van der Waals surface area contributed by atoms with Gasteiger partial charge in [0.2, 0.25) is 0 Å². The van der Waals surface area contributed by atoms with E-state index in [-0.39, 0.29) is 11.6 Å². The maximum atomic E-state index is 11.1. The Morgan fingerprint density at radius 1 is 1.39 bits per heavy atom. The molecule has 0 radical (unpaired) electrons. The second kappa shape index (κ2) is 4.95. The first-order valence-corrected chi connectivity index (χ1v) is 5.75. The van der Waals surface area contributed by atoms with Crippen LogP contribution in [0, 0.1) is 5.92 Å². The molecule has 0 fully saturated rings. The van der Waals surface area contributed by atoms with E-state index in [0.717, 1.165) is 16.7 Å². The fraction of sp³-hybridized carbons (Fsp3) is 0.333. The van der Waals surface area contributed by atoms with Gasteiger partial charge in [-0.1, -0.05) is 6.92 Å². The van der Waals surface area contributed by atoms with Crippen molar-refractivity contribution >= 4 is 22.7 Å². The third-order valence-electron chi connectivity index (χ3n) is 2.84. The summed E-state index contributed by atoms with van der Waals surface area (Å²) < 4.78 is 0. The molecule has 0 saturated carbocycles. The molecule has 18 heavy (non-hydrogen) atoms. The number of nitrogens with one attached hydrogen (secondary N) is 3. The molecule has 1 aromatic carbocycles. The Hall–Kier alpha value is -2.24. The summed E-state index contributed by atoms with van der Waals surface area (Å²) in [5, 5.41) is 11.9. The number of hydrogen-bond acceptors (Lipinski definition) is 3. The average molecular weight is 249 g/mol. The normalized spacial score (nSPS) is 12.5. The SMILES string of the molecule is CC(CCNc1ccc2[nH]c(=O)[nH]c2c1)C(=O)O. The van der Waals surface area contributed by atoms with Crippen LogP contribution in [0.15, 0.2) is 23.0 Å². The second-order valence-corrected chi connectivity index (χ2v) is 4.29. The smallest absolute Gasteiger partial charge is 0.323 e. The molecule has 96 valence electrons. The van der Waals surface area contributed by atoms with Crippen LogP contribution in [-0.4, -0.2) is 27.6 Å². The summed E-state index contributed by atoms with van der Waals surface area (Å²) in [6, 6.07) is 5.46. The number of aromatic nitrogens is 2. The summed E-state index contributed by atoms with van der Waals surface area (Å²) in [5.41, 5.74) is 2.11. The Balaban J connectivity index is 1.99. The number of aliphatic carboxylic acids is 1. The molecule has 2 rings (SSSR count). The molecule has 0 aliphatic rings. The van der Waals surface area contributed by atoms with Gasteiger partial charge in [0.25, 0.3) is 0 Å². The number of benzene rings is 1. The number of hydrogen-bond donors (Lipinski definition) is 4. The number of carbonyl (C=O) groups is 1. The van der Waals surface area contributed by atoms with Gasteiger partial charge in [-0.3, -0.25) is 4.79 Å². The van der Waals surface area contributed by atoms with E-state index in [1.54, 1.807) is 13.0 Å². The van der Waals surface area contributed by atoms with Crippen LogP contribution in [0.3, 0.4) is 0 Å². The highest BCUT2D eigenvalue weighted by molar-refractivity contribution is 5.78. The lowest BCUT2D eigenvalue weighted by Gasteiger charge is -2.08. The van der Waals surface area contributed by atoms with Gasteiger partial charge >= 0.3 is 11.7 Å². The van der Waals surface area contributed by atoms with E-state index in [9.17, 15) is 9.59 Å². The van der Waals surface area contributed by atoms with E-state index >= 15 is 0 Å². The highest BCUT2D eigenvalue weighted by Crippen LogP contribution is 2.14. The maximum absolute atomic E-state index is 11.1. The first-order valence-electron chi connectivity index (χ1n) is 5.75. The quantitative estimate of drug-likeness (QED) is 0.643. The van der Waals surface area contributed by atoms with Gasteiger partial charge in [-0.25, -0.2) is 4.79 Å². The molecule has 0 saturated heterocycles. The summed E-state index contributed by atoms with van der Waals surface area (Å²) in [6.07, 6.45) is 0.553. The van der Waals surface area contributed by atoms with E-state index in [2.05, 4.69) is 15.3 Å². The van der Waals surface area contributed by atoms with Crippen molar-refractivity contribution < 1.29 is 9.90 Å². The first-order chi connectivity index (χ1) is 8.56. The van der Waals surface area contributed by atoms with Crippen molar-refractivity contribution in [2.75, 3.05) is 11.9 Å². The van der Waals surface area contributed by atoms with Gasteiger partial charge in [0, 0.05) is 12.2 Å². The highest BCUT2D eigenvalue weighted by Gasteiger charge is 2.09. The molecule has 1 unspecified atom stereocenters. The van der Waals surface area contributed by atoms with E-state index in [1.807, 2.05) is 12.1 Å². The number of aromatic amines is 2. The lowest BCUT2D eigenvalue weighted by molar-refractivity contribution is -0.141. The number of anilines is 1. The molecule has 0 aliphatic carbocycles. The number of rotatable bonds is 5. The minimum atomic E-state index is -0.790. The molecular formula is C12H15N3O3. The van der Waals surface area contributed by atoms with Crippen LogP contribution in [0.5, 0.6) is 0 Å². The zero-order valence-corrected chi connectivity index (χ0v) is 9.99. The molecule has 4 N–H and O–H groups in total. The minimum Gasteiger partial charge on any atom is -0.481 e. The van der Waals surface area contributed by atoms with Gasteiger partial charge in [-0.15, -0.1) is 0 Å². The number of H-pyrrole nitrogens is 2. The molecule has 2 aromatic rings. The zero-order chi connectivity index (χ0) is 13.1. The zero-order valence-electron chi connectivity index (χ0n) is 9.99. The predicted molar refractivity (Wildman–Crippen MR) is 68.8 cm³/mol. The van der Waals surface area contributed by atoms with Crippen molar-refractivity contribution in [1.29, 1.82) is 0 Å². The van der Waals surface area contributed by atoms with Crippen LogP contribution in [0.4, 0.5) is 5.69 Å². The molecule has 1 aromatic heterocycles. The van der Waals surface area contributed by atoms with E-state index in [1.165, 1.54) is 0 Å². The van der Waals surface area contributed by atoms with Gasteiger partial charge in [0.15, 0.2) is 0 Å². The Kier molecular flexibility index (Phi) is 3.36. The number of imidazole rings is 1. The van der Waals surface area contributed by atoms with E-state index in [0.29, 0.717) is 13.0 Å². The first kappa shape index (κ1) is 12.2. The minimum absolute atomic E-state index is 0.235. The second-order valence-electron chi connectivity index (χ2n) is 4.29. The van der Waals surface area contributed by atoms with Crippen molar-refractivity contribution in [2.24, 2.45) is 5.92 Å². The summed E-state index contributed by atoms with van der Waals surface area (Å²) in [4.78, 5) is 27.1. The third-order valence-corrected chi connectivity index (χ3v) is 2.84. The van der Waals surface area contributed by atoms with Crippen LogP contribution in [0.2, 0.25) is 0 Å². The maximum Gasteiger partial charge on any atom is 0.323 e. The summed E-state index contributed by atoms with van der Waals surface area (Å²) >= 11 is 0. The van der Waals surface area contributed by atoms with Crippen molar-refractivity contribution in [1.82, 2.24) is 9.97 Å². The third kappa shape index (κ3) is 2.71. The standard InChI is InChI=1S/C12H15N3O3/c1-7(11(16)17)4-5-13-8-2-3-9-10(6-8)15-12(18)14-9/h2-3,6-7,13H,4-5H2,1H3,(H,16,17)(H2,14,15,18). The van der Waals surface area contributed by atoms with Crippen LogP contribution >= 0.6 is 0 Å². The lowest BCUT2D eigenvalue weighted by atomic mass is 10.1. The molecule has 0 spiro atoms. The van der Waals surface area contributed by atoms with Crippen LogP contribution in [0.1, 0.15) is 13.3 Å². The lowest BCUT2D eigenvalue weighted by Crippen LogP contribution is -2.14. The van der Waals surface area contributed by atoms with Crippen molar-refractivity contribution in [3.05, 3.63) is 28.7 Å². The Morgan fingerprint density at radius 2 is 2.11 bits per heavy atom. The molecule has 1 atom stereocenters. The fourth-order valence-electron chi connectivity index (χ4n) is 1.70. The average Bonchev–Trinajstić information content (AvgIpc) is 2.68. The number of carboxylic acids is 1. The molecule has 1 heterocycles. The van der Waals surface area contributed by atoms with Crippen molar-refractivity contribution in [3.8, 4) is 0 Å². The van der Waals surface area contributed by atoms with Crippen molar-refractivity contribution in [3.63, 3.8) is 0 Å². The van der Waals surface area contributed by atoms with Crippen molar-refractivity contribution in [2.45, 2.75) is 13.3 Å². The van der Waals surface area contributed by atoms with Gasteiger partial charge < -0.3 is 20.4 Å².